The molecule has 0 radical (unpaired) electrons. The summed E-state index contributed by atoms with van der Waals surface area (Å²) in [5.74, 6) is 0.472. The van der Waals surface area contributed by atoms with Crippen molar-refractivity contribution in [2.45, 2.75) is 51.0 Å². The smallest absolute Gasteiger partial charge is 0.226 e. The van der Waals surface area contributed by atoms with Crippen LogP contribution in [0.1, 0.15) is 43.2 Å². The van der Waals surface area contributed by atoms with Crippen molar-refractivity contribution in [3.63, 3.8) is 0 Å². The van der Waals surface area contributed by atoms with Gasteiger partial charge in [0.2, 0.25) is 5.91 Å². The number of hydrogen-bond donors (Lipinski definition) is 1. The van der Waals surface area contributed by atoms with E-state index in [-0.39, 0.29) is 5.92 Å². The van der Waals surface area contributed by atoms with Crippen molar-refractivity contribution in [1.29, 1.82) is 0 Å². The number of nitrogens with zero attached hydrogens (tertiary/aromatic N) is 1. The topological polar surface area (TPSA) is 46.3 Å². The van der Waals surface area contributed by atoms with Gasteiger partial charge in [0.25, 0.3) is 0 Å². The highest BCUT2D eigenvalue weighted by Crippen LogP contribution is 2.30. The Morgan fingerprint density at radius 3 is 2.29 bits per heavy atom. The van der Waals surface area contributed by atoms with Crippen LogP contribution in [0.15, 0.2) is 24.3 Å². The van der Waals surface area contributed by atoms with Gasteiger partial charge in [-0.2, -0.15) is 0 Å². The standard InChI is InChI=1S/C18H26N2O/c19-10-11-20(17-8-2-1-3-9-17)18(21)16-12-14-6-4-5-7-15(14)13-16/h4-7,16-17H,1-3,8-13,19H2. The maximum atomic E-state index is 13.0. The van der Waals surface area contributed by atoms with E-state index in [1.165, 1.54) is 30.4 Å². The molecule has 0 spiro atoms. The summed E-state index contributed by atoms with van der Waals surface area (Å²) in [7, 11) is 0. The second-order valence-electron chi connectivity index (χ2n) is 6.49. The van der Waals surface area contributed by atoms with Crippen molar-refractivity contribution in [2.75, 3.05) is 13.1 Å². The van der Waals surface area contributed by atoms with Crippen LogP contribution in [-0.4, -0.2) is 29.9 Å². The van der Waals surface area contributed by atoms with Crippen LogP contribution in [0.5, 0.6) is 0 Å². The Morgan fingerprint density at radius 1 is 1.10 bits per heavy atom. The molecule has 1 aromatic rings. The van der Waals surface area contributed by atoms with Gasteiger partial charge >= 0.3 is 0 Å². The van der Waals surface area contributed by atoms with Gasteiger partial charge in [-0.05, 0) is 36.8 Å². The maximum Gasteiger partial charge on any atom is 0.226 e. The van der Waals surface area contributed by atoms with Crippen LogP contribution >= 0.6 is 0 Å². The molecule has 21 heavy (non-hydrogen) atoms. The molecular formula is C18H26N2O. The average molecular weight is 286 g/mol. The third-order valence-electron chi connectivity index (χ3n) is 5.07. The number of nitrogens with two attached hydrogens (primary N) is 1. The van der Waals surface area contributed by atoms with Crippen molar-refractivity contribution in [2.24, 2.45) is 11.7 Å². The summed E-state index contributed by atoms with van der Waals surface area (Å²) in [6.07, 6.45) is 7.95. The highest BCUT2D eigenvalue weighted by Gasteiger charge is 2.33. The predicted octanol–water partition coefficient (Wildman–Crippen LogP) is 2.52. The van der Waals surface area contributed by atoms with Gasteiger partial charge in [0, 0.05) is 25.0 Å². The summed E-state index contributed by atoms with van der Waals surface area (Å²) in [6.45, 7) is 1.29. The number of rotatable bonds is 4. The Hall–Kier alpha value is -1.35. The molecule has 1 saturated carbocycles. The molecule has 3 rings (SSSR count). The third-order valence-corrected chi connectivity index (χ3v) is 5.07. The van der Waals surface area contributed by atoms with E-state index in [1.54, 1.807) is 0 Å². The number of carbonyl (C=O) groups excluding carboxylic acids is 1. The monoisotopic (exact) mass is 286 g/mol. The van der Waals surface area contributed by atoms with Crippen molar-refractivity contribution in [3.8, 4) is 0 Å². The zero-order chi connectivity index (χ0) is 14.7. The van der Waals surface area contributed by atoms with Crippen LogP contribution in [-0.2, 0) is 17.6 Å². The molecule has 2 N–H and O–H groups in total. The minimum Gasteiger partial charge on any atom is -0.338 e. The summed E-state index contributed by atoms with van der Waals surface area (Å²) in [5, 5.41) is 0. The molecule has 0 aliphatic heterocycles. The normalized spacial score (nSPS) is 19.5. The molecule has 2 aliphatic rings. The van der Waals surface area contributed by atoms with Crippen LogP contribution in [0.4, 0.5) is 0 Å². The zero-order valence-corrected chi connectivity index (χ0v) is 12.8. The molecule has 2 aliphatic carbocycles. The molecule has 0 heterocycles. The van der Waals surface area contributed by atoms with Crippen LogP contribution < -0.4 is 5.73 Å². The summed E-state index contributed by atoms with van der Waals surface area (Å²) in [5.41, 5.74) is 8.47. The molecule has 1 amide bonds. The number of amides is 1. The molecule has 3 heteroatoms. The van der Waals surface area contributed by atoms with E-state index in [1.807, 2.05) is 0 Å². The maximum absolute atomic E-state index is 13.0. The minimum atomic E-state index is 0.135. The third kappa shape index (κ3) is 3.13. The van der Waals surface area contributed by atoms with Crippen LogP contribution in [0, 0.1) is 5.92 Å². The first-order valence-electron chi connectivity index (χ1n) is 8.37. The number of benzene rings is 1. The van der Waals surface area contributed by atoms with E-state index >= 15 is 0 Å². The van der Waals surface area contributed by atoms with Crippen molar-refractivity contribution < 1.29 is 4.79 Å². The van der Waals surface area contributed by atoms with E-state index in [4.69, 9.17) is 5.73 Å². The van der Waals surface area contributed by atoms with E-state index in [0.717, 1.165) is 32.2 Å². The summed E-state index contributed by atoms with van der Waals surface area (Å²) < 4.78 is 0. The molecule has 0 aromatic heterocycles. The fourth-order valence-electron chi connectivity index (χ4n) is 3.97. The van der Waals surface area contributed by atoms with Gasteiger partial charge in [-0.3, -0.25) is 4.79 Å². The molecule has 0 atom stereocenters. The lowest BCUT2D eigenvalue weighted by atomic mass is 9.92. The Bertz CT molecular complexity index is 469. The van der Waals surface area contributed by atoms with Crippen molar-refractivity contribution in [3.05, 3.63) is 35.4 Å². The first-order chi connectivity index (χ1) is 10.3. The van der Waals surface area contributed by atoms with Crippen LogP contribution in [0.2, 0.25) is 0 Å². The van der Waals surface area contributed by atoms with Crippen molar-refractivity contribution >= 4 is 5.91 Å². The molecular weight excluding hydrogens is 260 g/mol. The van der Waals surface area contributed by atoms with Gasteiger partial charge in [0.1, 0.15) is 0 Å². The zero-order valence-electron chi connectivity index (χ0n) is 12.8. The Balaban J connectivity index is 1.70. The highest BCUT2D eigenvalue weighted by molar-refractivity contribution is 5.80. The first-order valence-corrected chi connectivity index (χ1v) is 8.37. The van der Waals surface area contributed by atoms with Gasteiger partial charge in [0.15, 0.2) is 0 Å². The Kier molecular flexibility index (Phi) is 4.59. The Labute approximate surface area is 127 Å². The lowest BCUT2D eigenvalue weighted by Crippen LogP contribution is -2.47. The lowest BCUT2D eigenvalue weighted by molar-refractivity contribution is -0.138. The van der Waals surface area contributed by atoms with Crippen molar-refractivity contribution in [1.82, 2.24) is 4.90 Å². The molecule has 0 saturated heterocycles. The average Bonchev–Trinajstić information content (AvgIpc) is 2.97. The number of carbonyl (C=O) groups is 1. The molecule has 1 aromatic carbocycles. The minimum absolute atomic E-state index is 0.135. The SMILES string of the molecule is NCCN(C(=O)C1Cc2ccccc2C1)C1CCCCC1. The summed E-state index contributed by atoms with van der Waals surface area (Å²) >= 11 is 0. The van der Waals surface area contributed by atoms with Gasteiger partial charge in [-0.15, -0.1) is 0 Å². The fraction of sp³-hybridized carbons (Fsp3) is 0.611. The predicted molar refractivity (Wildman–Crippen MR) is 85.0 cm³/mol. The fourth-order valence-corrected chi connectivity index (χ4v) is 3.97. The molecule has 0 bridgehead atoms. The number of hydrogen-bond acceptors (Lipinski definition) is 2. The quantitative estimate of drug-likeness (QED) is 0.924. The van der Waals surface area contributed by atoms with E-state index in [2.05, 4.69) is 29.2 Å². The van der Waals surface area contributed by atoms with Gasteiger partial charge < -0.3 is 10.6 Å². The second-order valence-corrected chi connectivity index (χ2v) is 6.49. The largest absolute Gasteiger partial charge is 0.338 e. The lowest BCUT2D eigenvalue weighted by Gasteiger charge is -2.35. The molecule has 114 valence electrons. The molecule has 1 fully saturated rings. The van der Waals surface area contributed by atoms with Gasteiger partial charge in [-0.25, -0.2) is 0 Å². The number of fused-ring (bicyclic) bond motifs is 1. The van der Waals surface area contributed by atoms with Crippen LogP contribution in [0.3, 0.4) is 0 Å². The summed E-state index contributed by atoms with van der Waals surface area (Å²) in [4.78, 5) is 15.1. The Morgan fingerprint density at radius 2 is 1.71 bits per heavy atom. The van der Waals surface area contributed by atoms with E-state index in [9.17, 15) is 4.79 Å². The molecule has 3 nitrogen and oxygen atoms in total. The van der Waals surface area contributed by atoms with E-state index < -0.39 is 0 Å². The second kappa shape index (κ2) is 6.61. The van der Waals surface area contributed by atoms with Crippen LogP contribution in [0.25, 0.3) is 0 Å². The molecule has 0 unspecified atom stereocenters. The van der Waals surface area contributed by atoms with Gasteiger partial charge in [0.05, 0.1) is 0 Å². The first kappa shape index (κ1) is 14.6. The highest BCUT2D eigenvalue weighted by atomic mass is 16.2. The summed E-state index contributed by atoms with van der Waals surface area (Å²) in [6, 6.07) is 8.90. The van der Waals surface area contributed by atoms with E-state index in [0.29, 0.717) is 18.5 Å². The van der Waals surface area contributed by atoms with Gasteiger partial charge in [-0.1, -0.05) is 43.5 Å².